The fourth-order valence-corrected chi connectivity index (χ4v) is 5.72. The van der Waals surface area contributed by atoms with E-state index in [0.29, 0.717) is 11.5 Å². The second-order valence-electron chi connectivity index (χ2n) is 9.34. The van der Waals surface area contributed by atoms with Gasteiger partial charge in [0.25, 0.3) is 6.08 Å². The van der Waals surface area contributed by atoms with Crippen LogP contribution in [0, 0.1) is 17.8 Å². The molecule has 2 heteroatoms. The number of unbranched alkanes of at least 4 members (excludes halogenated alkanes) is 3. The van der Waals surface area contributed by atoms with E-state index in [2.05, 4.69) is 19.1 Å². The Bertz CT molecular complexity index is 583. The Balaban J connectivity index is 1.39. The summed E-state index contributed by atoms with van der Waals surface area (Å²) in [6.45, 7) is 2.29. The van der Waals surface area contributed by atoms with Gasteiger partial charge in [0.1, 0.15) is 0 Å². The predicted octanol–water partition coefficient (Wildman–Crippen LogP) is 8.97. The first-order valence-corrected chi connectivity index (χ1v) is 11.8. The predicted molar refractivity (Wildman–Crippen MR) is 116 cm³/mol. The maximum atomic E-state index is 12.4. The van der Waals surface area contributed by atoms with Gasteiger partial charge in [-0.15, -0.1) is 0 Å². The maximum Gasteiger partial charge on any atom is 0.270 e. The molecular formula is C26H38F2. The third-order valence-corrected chi connectivity index (χ3v) is 7.48. The number of benzene rings is 1. The monoisotopic (exact) mass is 388 g/mol. The highest BCUT2D eigenvalue weighted by molar-refractivity contribution is 5.50. The van der Waals surface area contributed by atoms with E-state index in [1.807, 2.05) is 12.1 Å². The molecule has 0 aliphatic heterocycles. The Morgan fingerprint density at radius 1 is 0.821 bits per heavy atom. The van der Waals surface area contributed by atoms with Crippen LogP contribution < -0.4 is 0 Å². The lowest BCUT2D eigenvalue weighted by molar-refractivity contribution is 0.155. The van der Waals surface area contributed by atoms with Crippen molar-refractivity contribution in [3.63, 3.8) is 0 Å². The van der Waals surface area contributed by atoms with Crippen molar-refractivity contribution in [1.82, 2.24) is 0 Å². The number of rotatable bonds is 8. The number of hydrogen-bond acceptors (Lipinski definition) is 0. The molecule has 0 radical (unpaired) electrons. The molecule has 3 rings (SSSR count). The third kappa shape index (κ3) is 6.42. The first kappa shape index (κ1) is 21.5. The van der Waals surface area contributed by atoms with Gasteiger partial charge in [0.2, 0.25) is 0 Å². The molecule has 0 atom stereocenters. The van der Waals surface area contributed by atoms with Gasteiger partial charge in [0.15, 0.2) is 0 Å². The molecular weight excluding hydrogens is 350 g/mol. The second-order valence-corrected chi connectivity index (χ2v) is 9.34. The van der Waals surface area contributed by atoms with E-state index in [9.17, 15) is 8.78 Å². The summed E-state index contributed by atoms with van der Waals surface area (Å²) in [5, 5.41) is 0. The highest BCUT2D eigenvalue weighted by Crippen LogP contribution is 2.44. The SMILES string of the molecule is CCCCCCC1CCC(C2CCC(c3ccc(C=C(F)F)cc3)CC2)CC1. The maximum absolute atomic E-state index is 12.4. The molecule has 1 aromatic carbocycles. The summed E-state index contributed by atoms with van der Waals surface area (Å²) in [5.74, 6) is 3.53. The minimum absolute atomic E-state index is 0.601. The van der Waals surface area contributed by atoms with Crippen molar-refractivity contribution in [3.8, 4) is 0 Å². The molecule has 0 amide bonds. The lowest BCUT2D eigenvalue weighted by atomic mass is 9.68. The van der Waals surface area contributed by atoms with Crippen LogP contribution in [0.4, 0.5) is 8.78 Å². The molecule has 0 bridgehead atoms. The van der Waals surface area contributed by atoms with Crippen molar-refractivity contribution in [1.29, 1.82) is 0 Å². The summed E-state index contributed by atoms with van der Waals surface area (Å²) in [6, 6.07) is 7.79. The zero-order valence-corrected chi connectivity index (χ0v) is 17.6. The first-order valence-electron chi connectivity index (χ1n) is 11.8. The van der Waals surface area contributed by atoms with Gasteiger partial charge in [0, 0.05) is 6.08 Å². The van der Waals surface area contributed by atoms with Crippen molar-refractivity contribution in [2.45, 2.75) is 96.3 Å². The molecule has 2 aliphatic carbocycles. The first-order chi connectivity index (χ1) is 13.7. The molecule has 0 nitrogen and oxygen atoms in total. The standard InChI is InChI=1S/C26H38F2/c1-2-3-4-5-6-20-7-11-22(12-8-20)24-15-17-25(18-16-24)23-13-9-21(10-14-23)19-26(27)28/h9-10,13-14,19-20,22,24-25H,2-8,11-12,15-18H2,1H3. The number of halogens is 2. The van der Waals surface area contributed by atoms with Crippen molar-refractivity contribution in [2.75, 3.05) is 0 Å². The highest BCUT2D eigenvalue weighted by atomic mass is 19.3. The Hall–Kier alpha value is -1.18. The van der Waals surface area contributed by atoms with E-state index >= 15 is 0 Å². The van der Waals surface area contributed by atoms with Gasteiger partial charge in [-0.3, -0.25) is 0 Å². The zero-order valence-electron chi connectivity index (χ0n) is 17.6. The zero-order chi connectivity index (χ0) is 19.8. The summed E-state index contributed by atoms with van der Waals surface area (Å²) in [4.78, 5) is 0. The number of hydrogen-bond donors (Lipinski definition) is 0. The van der Waals surface area contributed by atoms with Crippen LogP contribution in [0.5, 0.6) is 0 Å². The van der Waals surface area contributed by atoms with Crippen LogP contribution in [0.15, 0.2) is 30.3 Å². The van der Waals surface area contributed by atoms with Crippen molar-refractivity contribution in [2.24, 2.45) is 17.8 Å². The average Bonchev–Trinajstić information content (AvgIpc) is 2.72. The molecule has 2 saturated carbocycles. The minimum Gasteiger partial charge on any atom is -0.173 e. The molecule has 156 valence electrons. The lowest BCUT2D eigenvalue weighted by Crippen LogP contribution is -2.25. The molecule has 0 spiro atoms. The average molecular weight is 389 g/mol. The topological polar surface area (TPSA) is 0 Å². The molecule has 0 saturated heterocycles. The fraction of sp³-hybridized carbons (Fsp3) is 0.692. The largest absolute Gasteiger partial charge is 0.270 e. The van der Waals surface area contributed by atoms with Crippen LogP contribution in [0.1, 0.15) is 107 Å². The summed E-state index contributed by atoms with van der Waals surface area (Å²) >= 11 is 0. The summed E-state index contributed by atoms with van der Waals surface area (Å²) in [6.07, 6.45) is 17.5. The Morgan fingerprint density at radius 2 is 1.43 bits per heavy atom. The molecule has 0 aromatic heterocycles. The van der Waals surface area contributed by atoms with E-state index in [-0.39, 0.29) is 0 Å². The van der Waals surface area contributed by atoms with E-state index in [1.165, 1.54) is 89.0 Å². The smallest absolute Gasteiger partial charge is 0.173 e. The van der Waals surface area contributed by atoms with Crippen LogP contribution in [0.2, 0.25) is 0 Å². The van der Waals surface area contributed by atoms with Gasteiger partial charge in [-0.2, -0.15) is 8.78 Å². The quantitative estimate of drug-likeness (QED) is 0.390. The van der Waals surface area contributed by atoms with Gasteiger partial charge in [-0.05, 0) is 73.3 Å². The van der Waals surface area contributed by atoms with Gasteiger partial charge >= 0.3 is 0 Å². The Morgan fingerprint density at radius 3 is 2.00 bits per heavy atom. The molecule has 1 aromatic rings. The molecule has 0 heterocycles. The second kappa shape index (κ2) is 11.1. The Labute approximate surface area is 170 Å². The van der Waals surface area contributed by atoms with Crippen molar-refractivity contribution < 1.29 is 8.78 Å². The summed E-state index contributed by atoms with van der Waals surface area (Å²) in [7, 11) is 0. The fourth-order valence-electron chi connectivity index (χ4n) is 5.72. The van der Waals surface area contributed by atoms with Crippen molar-refractivity contribution in [3.05, 3.63) is 41.5 Å². The van der Waals surface area contributed by atoms with E-state index in [1.54, 1.807) is 0 Å². The third-order valence-electron chi connectivity index (χ3n) is 7.48. The van der Waals surface area contributed by atoms with Crippen LogP contribution in [0.3, 0.4) is 0 Å². The van der Waals surface area contributed by atoms with E-state index in [0.717, 1.165) is 23.8 Å². The van der Waals surface area contributed by atoms with Gasteiger partial charge in [0.05, 0.1) is 0 Å². The molecule has 0 N–H and O–H groups in total. The minimum atomic E-state index is -1.62. The van der Waals surface area contributed by atoms with Crippen LogP contribution in [-0.4, -0.2) is 0 Å². The van der Waals surface area contributed by atoms with Crippen LogP contribution in [-0.2, 0) is 0 Å². The molecule has 0 unspecified atom stereocenters. The normalized spacial score (nSPS) is 28.1. The van der Waals surface area contributed by atoms with Crippen molar-refractivity contribution >= 4 is 6.08 Å². The van der Waals surface area contributed by atoms with Gasteiger partial charge in [-0.25, -0.2) is 0 Å². The highest BCUT2D eigenvalue weighted by Gasteiger charge is 2.31. The van der Waals surface area contributed by atoms with E-state index < -0.39 is 6.08 Å². The van der Waals surface area contributed by atoms with E-state index in [4.69, 9.17) is 0 Å². The van der Waals surface area contributed by atoms with Crippen LogP contribution in [0.25, 0.3) is 6.08 Å². The van der Waals surface area contributed by atoms with Gasteiger partial charge < -0.3 is 0 Å². The molecule has 2 fully saturated rings. The molecule has 28 heavy (non-hydrogen) atoms. The van der Waals surface area contributed by atoms with Crippen LogP contribution >= 0.6 is 0 Å². The lowest BCUT2D eigenvalue weighted by Gasteiger charge is -2.38. The summed E-state index contributed by atoms with van der Waals surface area (Å²) in [5.41, 5.74) is 1.94. The Kier molecular flexibility index (Phi) is 8.55. The molecule has 2 aliphatic rings. The summed E-state index contributed by atoms with van der Waals surface area (Å²) < 4.78 is 24.7. The van der Waals surface area contributed by atoms with Gasteiger partial charge in [-0.1, -0.05) is 76.1 Å².